The van der Waals surface area contributed by atoms with Gasteiger partial charge in [0.15, 0.2) is 17.3 Å². The van der Waals surface area contributed by atoms with E-state index in [4.69, 9.17) is 14.0 Å². The van der Waals surface area contributed by atoms with Crippen molar-refractivity contribution in [3.05, 3.63) is 35.5 Å². The largest absolute Gasteiger partial charge is 0.493 e. The molecule has 0 radical (unpaired) electrons. The Labute approximate surface area is 129 Å². The molecule has 6 heteroatoms. The van der Waals surface area contributed by atoms with E-state index in [1.165, 1.54) is 12.8 Å². The van der Waals surface area contributed by atoms with Crippen molar-refractivity contribution in [3.63, 3.8) is 0 Å². The first kappa shape index (κ1) is 14.8. The molecule has 1 N–H and O–H groups in total. The van der Waals surface area contributed by atoms with E-state index < -0.39 is 0 Å². The third kappa shape index (κ3) is 3.76. The summed E-state index contributed by atoms with van der Waals surface area (Å²) in [5.41, 5.74) is 1.05. The first-order valence-electron chi connectivity index (χ1n) is 7.51. The number of hydrogen-bond donors (Lipinski definition) is 1. The predicted molar refractivity (Wildman–Crippen MR) is 81.1 cm³/mol. The van der Waals surface area contributed by atoms with Crippen LogP contribution in [0.4, 0.5) is 0 Å². The summed E-state index contributed by atoms with van der Waals surface area (Å²) in [6, 6.07) is 5.79. The van der Waals surface area contributed by atoms with Crippen molar-refractivity contribution < 1.29 is 14.0 Å². The van der Waals surface area contributed by atoms with Crippen LogP contribution in [0.15, 0.2) is 22.7 Å². The molecule has 0 amide bonds. The van der Waals surface area contributed by atoms with Gasteiger partial charge in [0.1, 0.15) is 0 Å². The zero-order chi connectivity index (χ0) is 15.4. The molecule has 1 aliphatic carbocycles. The van der Waals surface area contributed by atoms with E-state index in [0.29, 0.717) is 36.2 Å². The molecule has 22 heavy (non-hydrogen) atoms. The molecule has 1 saturated carbocycles. The number of nitrogens with one attached hydrogen (secondary N) is 1. The molecule has 1 aromatic carbocycles. The fourth-order valence-electron chi connectivity index (χ4n) is 2.31. The highest BCUT2D eigenvalue weighted by Crippen LogP contribution is 2.28. The zero-order valence-electron chi connectivity index (χ0n) is 13.0. The van der Waals surface area contributed by atoms with Gasteiger partial charge in [-0.25, -0.2) is 0 Å². The Morgan fingerprint density at radius 2 is 2.05 bits per heavy atom. The predicted octanol–water partition coefficient (Wildman–Crippen LogP) is 2.18. The number of nitrogens with zero attached hydrogens (tertiary/aromatic N) is 2. The lowest BCUT2D eigenvalue weighted by atomic mass is 10.1. The van der Waals surface area contributed by atoms with Crippen LogP contribution in [0.25, 0.3) is 0 Å². The third-order valence-corrected chi connectivity index (χ3v) is 3.73. The number of benzene rings is 1. The van der Waals surface area contributed by atoms with Crippen molar-refractivity contribution in [2.75, 3.05) is 20.8 Å². The monoisotopic (exact) mass is 303 g/mol. The van der Waals surface area contributed by atoms with Crippen molar-refractivity contribution in [1.29, 1.82) is 0 Å². The molecule has 0 unspecified atom stereocenters. The fraction of sp³-hybridized carbons (Fsp3) is 0.500. The van der Waals surface area contributed by atoms with Crippen molar-refractivity contribution in [1.82, 2.24) is 15.5 Å². The summed E-state index contributed by atoms with van der Waals surface area (Å²) in [5, 5.41) is 7.37. The molecule has 0 spiro atoms. The Morgan fingerprint density at radius 1 is 1.23 bits per heavy atom. The Morgan fingerprint density at radius 3 is 2.77 bits per heavy atom. The van der Waals surface area contributed by atoms with Crippen LogP contribution in [-0.2, 0) is 13.0 Å². The molecule has 3 rings (SSSR count). The van der Waals surface area contributed by atoms with Gasteiger partial charge >= 0.3 is 0 Å². The van der Waals surface area contributed by atoms with Crippen molar-refractivity contribution in [3.8, 4) is 11.5 Å². The van der Waals surface area contributed by atoms with Gasteiger partial charge in [0.05, 0.1) is 20.8 Å². The molecule has 1 fully saturated rings. The van der Waals surface area contributed by atoms with E-state index in [1.807, 2.05) is 18.2 Å². The highest BCUT2D eigenvalue weighted by Gasteiger charge is 2.20. The molecule has 1 heterocycles. The van der Waals surface area contributed by atoms with Gasteiger partial charge in [0, 0.05) is 6.42 Å². The van der Waals surface area contributed by atoms with Gasteiger partial charge in [0.2, 0.25) is 5.89 Å². The second-order valence-corrected chi connectivity index (χ2v) is 5.54. The topological polar surface area (TPSA) is 69.4 Å². The summed E-state index contributed by atoms with van der Waals surface area (Å²) in [5.74, 6) is 3.57. The normalized spacial score (nSPS) is 14.1. The highest BCUT2D eigenvalue weighted by atomic mass is 16.5. The molecule has 0 atom stereocenters. The van der Waals surface area contributed by atoms with Gasteiger partial charge in [0.25, 0.3) is 0 Å². The van der Waals surface area contributed by atoms with E-state index in [9.17, 15) is 0 Å². The Hall–Kier alpha value is -2.08. The fourth-order valence-corrected chi connectivity index (χ4v) is 2.31. The molecule has 1 aromatic heterocycles. The maximum absolute atomic E-state index is 5.30. The van der Waals surface area contributed by atoms with Gasteiger partial charge in [-0.3, -0.25) is 0 Å². The molecule has 0 saturated heterocycles. The number of methoxy groups -OCH3 is 2. The molecule has 0 aliphatic heterocycles. The summed E-state index contributed by atoms with van der Waals surface area (Å²) in [4.78, 5) is 4.41. The van der Waals surface area contributed by atoms with Crippen LogP contribution in [-0.4, -0.2) is 30.9 Å². The maximum atomic E-state index is 5.30. The Kier molecular flexibility index (Phi) is 4.58. The average Bonchev–Trinajstić information content (AvgIpc) is 3.26. The molecule has 1 aliphatic rings. The van der Waals surface area contributed by atoms with E-state index in [-0.39, 0.29) is 0 Å². The van der Waals surface area contributed by atoms with Crippen molar-refractivity contribution in [2.45, 2.75) is 25.8 Å². The SMILES string of the molecule is COc1ccc(Cc2noc(CNCC3CC3)n2)cc1OC. The summed E-state index contributed by atoms with van der Waals surface area (Å²) in [6.07, 6.45) is 3.27. The van der Waals surface area contributed by atoms with Gasteiger partial charge < -0.3 is 19.3 Å². The second kappa shape index (κ2) is 6.79. The highest BCUT2D eigenvalue weighted by molar-refractivity contribution is 5.43. The minimum Gasteiger partial charge on any atom is -0.493 e. The maximum Gasteiger partial charge on any atom is 0.240 e. The molecule has 118 valence electrons. The van der Waals surface area contributed by atoms with E-state index in [1.54, 1.807) is 14.2 Å². The molecule has 0 bridgehead atoms. The van der Waals surface area contributed by atoms with Crippen LogP contribution in [0.5, 0.6) is 11.5 Å². The molecule has 2 aromatic rings. The van der Waals surface area contributed by atoms with Gasteiger partial charge in [-0.15, -0.1) is 0 Å². The van der Waals surface area contributed by atoms with E-state index in [2.05, 4.69) is 15.5 Å². The van der Waals surface area contributed by atoms with Crippen LogP contribution in [0.1, 0.15) is 30.1 Å². The number of ether oxygens (including phenoxy) is 2. The first-order valence-corrected chi connectivity index (χ1v) is 7.51. The number of hydrogen-bond acceptors (Lipinski definition) is 6. The quantitative estimate of drug-likeness (QED) is 0.806. The van der Waals surface area contributed by atoms with Gasteiger partial charge in [-0.1, -0.05) is 11.2 Å². The minimum atomic E-state index is 0.604. The zero-order valence-corrected chi connectivity index (χ0v) is 13.0. The smallest absolute Gasteiger partial charge is 0.240 e. The van der Waals surface area contributed by atoms with Crippen LogP contribution in [0, 0.1) is 5.92 Å². The summed E-state index contributed by atoms with van der Waals surface area (Å²) >= 11 is 0. The van der Waals surface area contributed by atoms with Crippen LogP contribution in [0.2, 0.25) is 0 Å². The lowest BCUT2D eigenvalue weighted by molar-refractivity contribution is 0.354. The van der Waals surface area contributed by atoms with E-state index in [0.717, 1.165) is 18.0 Å². The summed E-state index contributed by atoms with van der Waals surface area (Å²) in [7, 11) is 3.25. The van der Waals surface area contributed by atoms with Gasteiger partial charge in [-0.2, -0.15) is 4.98 Å². The lowest BCUT2D eigenvalue weighted by Crippen LogP contribution is -2.16. The Balaban J connectivity index is 1.59. The lowest BCUT2D eigenvalue weighted by Gasteiger charge is -2.08. The molecular weight excluding hydrogens is 282 g/mol. The van der Waals surface area contributed by atoms with Crippen molar-refractivity contribution in [2.24, 2.45) is 5.92 Å². The summed E-state index contributed by atoms with van der Waals surface area (Å²) < 4.78 is 15.8. The second-order valence-electron chi connectivity index (χ2n) is 5.54. The minimum absolute atomic E-state index is 0.604. The summed E-state index contributed by atoms with van der Waals surface area (Å²) in [6.45, 7) is 1.67. The number of rotatable bonds is 8. The van der Waals surface area contributed by atoms with Crippen LogP contribution >= 0.6 is 0 Å². The number of aromatic nitrogens is 2. The Bertz CT molecular complexity index is 623. The van der Waals surface area contributed by atoms with Gasteiger partial charge in [-0.05, 0) is 43.0 Å². The average molecular weight is 303 g/mol. The first-order chi connectivity index (χ1) is 10.8. The third-order valence-electron chi connectivity index (χ3n) is 3.73. The molecule has 6 nitrogen and oxygen atoms in total. The van der Waals surface area contributed by atoms with Crippen LogP contribution < -0.4 is 14.8 Å². The van der Waals surface area contributed by atoms with Crippen molar-refractivity contribution >= 4 is 0 Å². The standard InChI is InChI=1S/C16H21N3O3/c1-20-13-6-5-12(7-14(13)21-2)8-15-18-16(22-19-15)10-17-9-11-3-4-11/h5-7,11,17H,3-4,8-10H2,1-2H3. The molecular formula is C16H21N3O3. The van der Waals surface area contributed by atoms with E-state index >= 15 is 0 Å². The van der Waals surface area contributed by atoms with Crippen LogP contribution in [0.3, 0.4) is 0 Å².